The molecular formula is C13H18ClN3O2. The Balaban J connectivity index is 2.91. The highest BCUT2D eigenvalue weighted by atomic mass is 35.5. The maximum Gasteiger partial charge on any atom is 0.252 e. The van der Waals surface area contributed by atoms with Crippen molar-refractivity contribution in [3.8, 4) is 0 Å². The molecule has 0 fully saturated rings. The summed E-state index contributed by atoms with van der Waals surface area (Å²) in [6, 6.07) is 4.63. The zero-order valence-electron chi connectivity index (χ0n) is 11.0. The highest BCUT2D eigenvalue weighted by Gasteiger charge is 2.18. The van der Waals surface area contributed by atoms with Crippen LogP contribution < -0.4 is 11.1 Å². The predicted molar refractivity (Wildman–Crippen MR) is 75.8 cm³/mol. The smallest absolute Gasteiger partial charge is 0.252 e. The minimum Gasteiger partial charge on any atom is -0.409 e. The summed E-state index contributed by atoms with van der Waals surface area (Å²) in [5, 5.41) is 14.9. The molecular weight excluding hydrogens is 266 g/mol. The molecule has 0 aliphatic heterocycles. The number of benzene rings is 1. The molecule has 1 aromatic rings. The lowest BCUT2D eigenvalue weighted by Crippen LogP contribution is -2.44. The quantitative estimate of drug-likeness (QED) is 0.335. The first-order chi connectivity index (χ1) is 9.01. The first-order valence-electron chi connectivity index (χ1n) is 6.04. The average molecular weight is 284 g/mol. The lowest BCUT2D eigenvalue weighted by Gasteiger charge is -2.17. The van der Waals surface area contributed by atoms with Crippen molar-refractivity contribution < 1.29 is 10.0 Å². The number of rotatable bonds is 5. The van der Waals surface area contributed by atoms with Crippen LogP contribution in [0.5, 0.6) is 0 Å². The summed E-state index contributed by atoms with van der Waals surface area (Å²) >= 11 is 5.98. The maximum absolute atomic E-state index is 12.2. The van der Waals surface area contributed by atoms with Gasteiger partial charge < -0.3 is 16.3 Å². The number of amidine groups is 1. The van der Waals surface area contributed by atoms with Gasteiger partial charge in [-0.25, -0.2) is 0 Å². The van der Waals surface area contributed by atoms with E-state index in [0.29, 0.717) is 22.6 Å². The van der Waals surface area contributed by atoms with Gasteiger partial charge in [-0.1, -0.05) is 36.2 Å². The zero-order valence-corrected chi connectivity index (χ0v) is 11.7. The van der Waals surface area contributed by atoms with Crippen molar-refractivity contribution in [1.29, 1.82) is 0 Å². The van der Waals surface area contributed by atoms with Crippen LogP contribution in [0.2, 0.25) is 5.02 Å². The lowest BCUT2D eigenvalue weighted by atomic mass is 10.1. The molecule has 4 N–H and O–H groups in total. The van der Waals surface area contributed by atoms with Crippen LogP contribution in [0.3, 0.4) is 0 Å². The van der Waals surface area contributed by atoms with Gasteiger partial charge in [0.05, 0.1) is 6.04 Å². The Morgan fingerprint density at radius 3 is 2.84 bits per heavy atom. The molecule has 0 aromatic heterocycles. The van der Waals surface area contributed by atoms with Gasteiger partial charge in [-0.2, -0.15) is 0 Å². The number of oxime groups is 1. The average Bonchev–Trinajstić information content (AvgIpc) is 2.40. The van der Waals surface area contributed by atoms with Crippen LogP contribution in [-0.2, 0) is 0 Å². The normalized spacial score (nSPS) is 13.1. The molecule has 6 heteroatoms. The number of amides is 1. The van der Waals surface area contributed by atoms with E-state index in [-0.39, 0.29) is 11.7 Å². The van der Waals surface area contributed by atoms with Crippen molar-refractivity contribution in [2.45, 2.75) is 32.7 Å². The van der Waals surface area contributed by atoms with Gasteiger partial charge in [0.25, 0.3) is 5.91 Å². The Labute approximate surface area is 117 Å². The van der Waals surface area contributed by atoms with E-state index in [0.717, 1.165) is 6.42 Å². The topological polar surface area (TPSA) is 87.7 Å². The van der Waals surface area contributed by atoms with Crippen LogP contribution >= 0.6 is 11.6 Å². The van der Waals surface area contributed by atoms with Crippen molar-refractivity contribution in [3.05, 3.63) is 34.3 Å². The van der Waals surface area contributed by atoms with Gasteiger partial charge in [0.2, 0.25) is 0 Å². The molecule has 0 aliphatic carbocycles. The largest absolute Gasteiger partial charge is 0.409 e. The highest BCUT2D eigenvalue weighted by Crippen LogP contribution is 2.18. The van der Waals surface area contributed by atoms with E-state index < -0.39 is 6.04 Å². The number of carbonyl (C=O) groups is 1. The predicted octanol–water partition coefficient (Wildman–Crippen LogP) is 2.29. The van der Waals surface area contributed by atoms with Gasteiger partial charge in [-0.05, 0) is 31.0 Å². The Hall–Kier alpha value is -1.75. The molecule has 0 aliphatic rings. The van der Waals surface area contributed by atoms with E-state index in [1.807, 2.05) is 6.92 Å². The fourth-order valence-electron chi connectivity index (χ4n) is 1.74. The fraction of sp³-hybridized carbons (Fsp3) is 0.385. The third kappa shape index (κ3) is 3.86. The van der Waals surface area contributed by atoms with Gasteiger partial charge >= 0.3 is 0 Å². The molecule has 1 unspecified atom stereocenters. The van der Waals surface area contributed by atoms with E-state index in [1.165, 1.54) is 0 Å². The summed E-state index contributed by atoms with van der Waals surface area (Å²) < 4.78 is 0. The summed E-state index contributed by atoms with van der Waals surface area (Å²) in [5.74, 6) is -0.292. The van der Waals surface area contributed by atoms with Crippen molar-refractivity contribution in [2.75, 3.05) is 0 Å². The second-order valence-electron chi connectivity index (χ2n) is 4.25. The van der Waals surface area contributed by atoms with Crippen LogP contribution in [0.4, 0.5) is 0 Å². The van der Waals surface area contributed by atoms with E-state index in [1.54, 1.807) is 25.1 Å². The number of nitrogens with zero attached hydrogens (tertiary/aromatic N) is 1. The molecule has 104 valence electrons. The molecule has 0 heterocycles. The molecule has 5 nitrogen and oxygen atoms in total. The second kappa shape index (κ2) is 6.99. The molecule has 1 atom stereocenters. The number of carbonyl (C=O) groups excluding carboxylic acids is 1. The zero-order chi connectivity index (χ0) is 14.4. The number of hydrogen-bond acceptors (Lipinski definition) is 3. The van der Waals surface area contributed by atoms with Crippen LogP contribution in [0.15, 0.2) is 23.4 Å². The second-order valence-corrected chi connectivity index (χ2v) is 4.66. The summed E-state index contributed by atoms with van der Waals surface area (Å²) in [6.45, 7) is 3.73. The van der Waals surface area contributed by atoms with Crippen molar-refractivity contribution in [3.63, 3.8) is 0 Å². The van der Waals surface area contributed by atoms with Crippen LogP contribution in [0.1, 0.15) is 35.7 Å². The van der Waals surface area contributed by atoms with Gasteiger partial charge in [0, 0.05) is 10.6 Å². The highest BCUT2D eigenvalue weighted by molar-refractivity contribution is 6.31. The molecule has 1 amide bonds. The molecule has 19 heavy (non-hydrogen) atoms. The lowest BCUT2D eigenvalue weighted by molar-refractivity contribution is 0.0944. The van der Waals surface area contributed by atoms with Gasteiger partial charge in [-0.15, -0.1) is 0 Å². The molecule has 0 saturated carbocycles. The summed E-state index contributed by atoms with van der Waals surface area (Å²) in [4.78, 5) is 12.2. The van der Waals surface area contributed by atoms with Gasteiger partial charge in [0.1, 0.15) is 0 Å². The SMILES string of the molecule is CCCC(NC(=O)c1cccc(Cl)c1C)/C(N)=N/O. The van der Waals surface area contributed by atoms with Crippen molar-refractivity contribution >= 4 is 23.3 Å². The fourth-order valence-corrected chi connectivity index (χ4v) is 1.92. The van der Waals surface area contributed by atoms with Crippen LogP contribution in [-0.4, -0.2) is 23.0 Å². The van der Waals surface area contributed by atoms with E-state index in [2.05, 4.69) is 10.5 Å². The molecule has 0 bridgehead atoms. The minimum absolute atomic E-state index is 0.00474. The van der Waals surface area contributed by atoms with Gasteiger partial charge in [0.15, 0.2) is 5.84 Å². The van der Waals surface area contributed by atoms with Gasteiger partial charge in [-0.3, -0.25) is 4.79 Å². The molecule has 0 saturated heterocycles. The standard InChI is InChI=1S/C13H18ClN3O2/c1-3-5-11(12(15)17-19)16-13(18)9-6-4-7-10(14)8(9)2/h4,6-7,11,19H,3,5H2,1-2H3,(H2,15,17)(H,16,18). The molecule has 0 radical (unpaired) electrons. The monoisotopic (exact) mass is 283 g/mol. The molecule has 1 aromatic carbocycles. The van der Waals surface area contributed by atoms with E-state index >= 15 is 0 Å². The Morgan fingerprint density at radius 1 is 1.58 bits per heavy atom. The minimum atomic E-state index is -0.485. The van der Waals surface area contributed by atoms with Crippen molar-refractivity contribution in [2.24, 2.45) is 10.9 Å². The van der Waals surface area contributed by atoms with Crippen LogP contribution in [0.25, 0.3) is 0 Å². The Kier molecular flexibility index (Phi) is 5.63. The van der Waals surface area contributed by atoms with Crippen molar-refractivity contribution in [1.82, 2.24) is 5.32 Å². The first kappa shape index (κ1) is 15.3. The molecule has 0 spiro atoms. The summed E-state index contributed by atoms with van der Waals surface area (Å²) in [5.41, 5.74) is 6.75. The third-order valence-electron chi connectivity index (χ3n) is 2.87. The third-order valence-corrected chi connectivity index (χ3v) is 3.28. The summed E-state index contributed by atoms with van der Waals surface area (Å²) in [7, 11) is 0. The maximum atomic E-state index is 12.2. The number of nitrogens with one attached hydrogen (secondary N) is 1. The Bertz CT molecular complexity index is 489. The molecule has 1 rings (SSSR count). The van der Waals surface area contributed by atoms with Crippen LogP contribution in [0, 0.1) is 6.92 Å². The summed E-state index contributed by atoms with van der Waals surface area (Å²) in [6.07, 6.45) is 1.40. The Morgan fingerprint density at radius 2 is 2.26 bits per heavy atom. The first-order valence-corrected chi connectivity index (χ1v) is 6.42. The van der Waals surface area contributed by atoms with E-state index in [4.69, 9.17) is 22.5 Å². The number of halogens is 1. The number of hydrogen-bond donors (Lipinski definition) is 3. The van der Waals surface area contributed by atoms with E-state index in [9.17, 15) is 4.79 Å². The number of nitrogens with two attached hydrogens (primary N) is 1.